The van der Waals surface area contributed by atoms with Crippen molar-refractivity contribution in [3.8, 4) is 0 Å². The van der Waals surface area contributed by atoms with Gasteiger partial charge >= 0.3 is 0 Å². The molecule has 1 heteroatoms. The molecule has 1 rings (SSSR count). The molecule has 0 heterocycles. The molecule has 0 aliphatic heterocycles. The minimum absolute atomic E-state index is 0.248. The molecular weight excluding hydrogens is 248 g/mol. The van der Waals surface area contributed by atoms with Crippen molar-refractivity contribution in [2.24, 2.45) is 0 Å². The van der Waals surface area contributed by atoms with Gasteiger partial charge in [0, 0.05) is 0 Å². The molecule has 0 aliphatic rings. The second kappa shape index (κ2) is 4.98. The van der Waals surface area contributed by atoms with Gasteiger partial charge in [-0.25, -0.2) is 0 Å². The molecule has 82 valence electrons. The lowest BCUT2D eigenvalue weighted by molar-refractivity contribution is 0.590. The molecule has 0 nitrogen and oxygen atoms in total. The van der Waals surface area contributed by atoms with Gasteiger partial charge in [0.25, 0.3) is 0 Å². The summed E-state index contributed by atoms with van der Waals surface area (Å²) in [5.41, 5.74) is 3.02. The summed E-state index contributed by atoms with van der Waals surface area (Å²) < 4.78 is 1.07. The Balaban J connectivity index is 2.69. The molecule has 1 aromatic carbocycles. The van der Waals surface area contributed by atoms with Crippen LogP contribution in [0.25, 0.3) is 0 Å². The Morgan fingerprint density at radius 1 is 1.20 bits per heavy atom. The van der Waals surface area contributed by atoms with Crippen LogP contribution in [0.5, 0.6) is 0 Å². The first-order valence-corrected chi connectivity index (χ1v) is 6.11. The maximum absolute atomic E-state index is 3.84. The maximum Gasteiger partial charge on any atom is -0.0118 e. The summed E-state index contributed by atoms with van der Waals surface area (Å²) in [4.78, 5) is 0. The Morgan fingerprint density at radius 2 is 1.73 bits per heavy atom. The Kier molecular flexibility index (Phi) is 4.15. The standard InChI is InChI=1S/C14H19Br/c1-11(15)5-6-12-7-9-13(10-8-12)14(2,3)4/h7-10H,1,5-6H2,2-4H3. The predicted molar refractivity (Wildman–Crippen MR) is 71.5 cm³/mol. The van der Waals surface area contributed by atoms with E-state index in [1.165, 1.54) is 11.1 Å². The zero-order valence-corrected chi connectivity index (χ0v) is 11.4. The second-order valence-electron chi connectivity index (χ2n) is 4.96. The van der Waals surface area contributed by atoms with Crippen LogP contribution < -0.4 is 0 Å². The molecule has 0 radical (unpaired) electrons. The first-order chi connectivity index (χ1) is 6.89. The topological polar surface area (TPSA) is 0 Å². The fraction of sp³-hybridized carbons (Fsp3) is 0.429. The van der Waals surface area contributed by atoms with E-state index in [2.05, 4.69) is 67.5 Å². The van der Waals surface area contributed by atoms with E-state index in [4.69, 9.17) is 0 Å². The summed E-state index contributed by atoms with van der Waals surface area (Å²) in [7, 11) is 0. The van der Waals surface area contributed by atoms with Crippen molar-refractivity contribution < 1.29 is 0 Å². The molecule has 0 aromatic heterocycles. The highest BCUT2D eigenvalue weighted by Crippen LogP contribution is 2.22. The van der Waals surface area contributed by atoms with E-state index in [0.717, 1.165) is 17.3 Å². The average molecular weight is 267 g/mol. The van der Waals surface area contributed by atoms with Gasteiger partial charge in [-0.1, -0.05) is 67.5 Å². The van der Waals surface area contributed by atoms with E-state index in [1.54, 1.807) is 0 Å². The second-order valence-corrected chi connectivity index (χ2v) is 6.09. The fourth-order valence-electron chi connectivity index (χ4n) is 1.45. The van der Waals surface area contributed by atoms with Gasteiger partial charge in [-0.3, -0.25) is 0 Å². The molecule has 0 spiro atoms. The van der Waals surface area contributed by atoms with Gasteiger partial charge in [0.2, 0.25) is 0 Å². The number of aryl methyl sites for hydroxylation is 1. The van der Waals surface area contributed by atoms with E-state index >= 15 is 0 Å². The normalized spacial score (nSPS) is 11.5. The highest BCUT2D eigenvalue weighted by atomic mass is 79.9. The van der Waals surface area contributed by atoms with Gasteiger partial charge in [0.05, 0.1) is 0 Å². The van der Waals surface area contributed by atoms with Crippen LogP contribution in [-0.2, 0) is 11.8 Å². The molecule has 0 N–H and O–H groups in total. The number of benzene rings is 1. The Hall–Kier alpha value is -0.560. The molecule has 0 unspecified atom stereocenters. The lowest BCUT2D eigenvalue weighted by atomic mass is 9.86. The van der Waals surface area contributed by atoms with Gasteiger partial charge in [0.1, 0.15) is 0 Å². The third-order valence-corrected chi connectivity index (χ3v) is 2.90. The van der Waals surface area contributed by atoms with Crippen LogP contribution in [0.3, 0.4) is 0 Å². The zero-order chi connectivity index (χ0) is 11.5. The zero-order valence-electron chi connectivity index (χ0n) is 9.81. The fourth-order valence-corrected chi connectivity index (χ4v) is 1.65. The highest BCUT2D eigenvalue weighted by molar-refractivity contribution is 9.11. The lowest BCUT2D eigenvalue weighted by Crippen LogP contribution is -2.10. The van der Waals surface area contributed by atoms with Crippen LogP contribution in [-0.4, -0.2) is 0 Å². The summed E-state index contributed by atoms with van der Waals surface area (Å²) in [6.07, 6.45) is 2.07. The van der Waals surface area contributed by atoms with Gasteiger partial charge < -0.3 is 0 Å². The molecule has 0 fully saturated rings. The number of halogens is 1. The number of hydrogen-bond acceptors (Lipinski definition) is 0. The van der Waals surface area contributed by atoms with Gasteiger partial charge in [-0.2, -0.15) is 0 Å². The van der Waals surface area contributed by atoms with Crippen LogP contribution in [0.4, 0.5) is 0 Å². The van der Waals surface area contributed by atoms with Crippen LogP contribution in [0.1, 0.15) is 38.3 Å². The van der Waals surface area contributed by atoms with Crippen molar-refractivity contribution in [3.63, 3.8) is 0 Å². The largest absolute Gasteiger partial charge is 0.0888 e. The van der Waals surface area contributed by atoms with Crippen LogP contribution >= 0.6 is 15.9 Å². The van der Waals surface area contributed by atoms with E-state index in [9.17, 15) is 0 Å². The van der Waals surface area contributed by atoms with E-state index in [1.807, 2.05) is 0 Å². The molecular formula is C14H19Br. The van der Waals surface area contributed by atoms with Crippen LogP contribution in [0, 0.1) is 0 Å². The predicted octanol–water partition coefficient (Wildman–Crippen LogP) is 4.83. The van der Waals surface area contributed by atoms with Crippen molar-refractivity contribution in [1.29, 1.82) is 0 Å². The van der Waals surface area contributed by atoms with Gasteiger partial charge in [-0.05, 0) is 33.9 Å². The third kappa shape index (κ3) is 4.21. The molecule has 0 saturated heterocycles. The smallest absolute Gasteiger partial charge is 0.0118 e. The summed E-state index contributed by atoms with van der Waals surface area (Å²) >= 11 is 3.38. The SMILES string of the molecule is C=C(Br)CCc1ccc(C(C)(C)C)cc1. The number of rotatable bonds is 3. The molecule has 0 saturated carbocycles. The highest BCUT2D eigenvalue weighted by Gasteiger charge is 2.12. The van der Waals surface area contributed by atoms with Crippen molar-refractivity contribution in [2.75, 3.05) is 0 Å². The first kappa shape index (κ1) is 12.5. The summed E-state index contributed by atoms with van der Waals surface area (Å²) in [5, 5.41) is 0. The van der Waals surface area contributed by atoms with Crippen LogP contribution in [0.2, 0.25) is 0 Å². The minimum Gasteiger partial charge on any atom is -0.0888 e. The monoisotopic (exact) mass is 266 g/mol. The van der Waals surface area contributed by atoms with Crippen molar-refractivity contribution >= 4 is 15.9 Å². The number of allylic oxidation sites excluding steroid dienone is 1. The first-order valence-electron chi connectivity index (χ1n) is 5.32. The quantitative estimate of drug-likeness (QED) is 0.736. The van der Waals surface area contributed by atoms with Gasteiger partial charge in [-0.15, -0.1) is 0 Å². The van der Waals surface area contributed by atoms with E-state index < -0.39 is 0 Å². The average Bonchev–Trinajstić information content (AvgIpc) is 2.14. The van der Waals surface area contributed by atoms with Crippen molar-refractivity contribution in [3.05, 3.63) is 46.5 Å². The molecule has 0 atom stereocenters. The van der Waals surface area contributed by atoms with Gasteiger partial charge in [0.15, 0.2) is 0 Å². The van der Waals surface area contributed by atoms with E-state index in [-0.39, 0.29) is 5.41 Å². The molecule has 0 aliphatic carbocycles. The van der Waals surface area contributed by atoms with E-state index in [0.29, 0.717) is 0 Å². The summed E-state index contributed by atoms with van der Waals surface area (Å²) in [6, 6.07) is 8.89. The third-order valence-electron chi connectivity index (χ3n) is 2.50. The summed E-state index contributed by atoms with van der Waals surface area (Å²) in [6.45, 7) is 10.6. The van der Waals surface area contributed by atoms with Crippen molar-refractivity contribution in [2.45, 2.75) is 39.0 Å². The maximum atomic E-state index is 3.84. The molecule has 0 amide bonds. The Labute approximate surface area is 102 Å². The minimum atomic E-state index is 0.248. The molecule has 0 bridgehead atoms. The summed E-state index contributed by atoms with van der Waals surface area (Å²) in [5.74, 6) is 0. The van der Waals surface area contributed by atoms with Crippen LogP contribution in [0.15, 0.2) is 35.3 Å². The Morgan fingerprint density at radius 3 is 2.13 bits per heavy atom. The number of hydrogen-bond donors (Lipinski definition) is 0. The Bertz CT molecular complexity index is 327. The van der Waals surface area contributed by atoms with Crippen molar-refractivity contribution in [1.82, 2.24) is 0 Å². The lowest BCUT2D eigenvalue weighted by Gasteiger charge is -2.19. The molecule has 1 aromatic rings. The molecule has 15 heavy (non-hydrogen) atoms.